The van der Waals surface area contributed by atoms with Gasteiger partial charge in [0.2, 0.25) is 17.7 Å². The van der Waals surface area contributed by atoms with Gasteiger partial charge >= 0.3 is 0 Å². The highest BCUT2D eigenvalue weighted by atomic mass is 32.1. The van der Waals surface area contributed by atoms with Crippen LogP contribution in [0.1, 0.15) is 30.7 Å². The number of carbonyl (C=O) groups excluding carboxylic acids is 3. The summed E-state index contributed by atoms with van der Waals surface area (Å²) >= 11 is 1.56. The normalized spacial score (nSPS) is 23.2. The van der Waals surface area contributed by atoms with E-state index in [2.05, 4.69) is 10.3 Å². The number of likely N-dealkylation sites (tertiary alicyclic amines) is 1. The van der Waals surface area contributed by atoms with Gasteiger partial charge in [-0.3, -0.25) is 19.3 Å². The van der Waals surface area contributed by atoms with Gasteiger partial charge in [0.25, 0.3) is 0 Å². The number of thiazole rings is 1. The van der Waals surface area contributed by atoms with Crippen LogP contribution in [0.2, 0.25) is 0 Å². The molecule has 0 bridgehead atoms. The third kappa shape index (κ3) is 2.93. The Kier molecular flexibility index (Phi) is 4.03. The molecule has 0 spiro atoms. The van der Waals surface area contributed by atoms with E-state index in [1.807, 2.05) is 19.1 Å². The molecule has 25 heavy (non-hydrogen) atoms. The van der Waals surface area contributed by atoms with Gasteiger partial charge in [-0.1, -0.05) is 12.8 Å². The minimum atomic E-state index is -0.346. The summed E-state index contributed by atoms with van der Waals surface area (Å²) in [7, 11) is 0. The summed E-state index contributed by atoms with van der Waals surface area (Å²) in [6.07, 6.45) is 3.48. The molecular formula is C18H19N3O3S. The van der Waals surface area contributed by atoms with Crippen molar-refractivity contribution in [3.05, 3.63) is 23.2 Å². The lowest BCUT2D eigenvalue weighted by Crippen LogP contribution is -2.38. The Morgan fingerprint density at radius 2 is 1.92 bits per heavy atom. The van der Waals surface area contributed by atoms with Gasteiger partial charge in [-0.25, -0.2) is 4.98 Å². The van der Waals surface area contributed by atoms with Crippen LogP contribution >= 0.6 is 11.3 Å². The van der Waals surface area contributed by atoms with Crippen LogP contribution in [0.3, 0.4) is 0 Å². The maximum Gasteiger partial charge on any atom is 0.244 e. The lowest BCUT2D eigenvalue weighted by molar-refractivity contribution is -0.142. The standard InChI is InChI=1S/C18H19N3O3S/c1-10-19-14-7-6-11(8-15(14)25-10)20-16(22)9-21-17(23)12-4-2-3-5-13(12)18(21)24/h6-8,12-13H,2-5,9H2,1H3,(H,20,22)/t12-,13-/m1/s1. The molecule has 0 radical (unpaired) electrons. The summed E-state index contributed by atoms with van der Waals surface area (Å²) in [5, 5.41) is 3.75. The van der Waals surface area contributed by atoms with Gasteiger partial charge < -0.3 is 5.32 Å². The van der Waals surface area contributed by atoms with Crippen LogP contribution in [0, 0.1) is 18.8 Å². The van der Waals surface area contributed by atoms with Crippen molar-refractivity contribution >= 4 is 45.0 Å². The van der Waals surface area contributed by atoms with E-state index in [4.69, 9.17) is 0 Å². The largest absolute Gasteiger partial charge is 0.324 e. The molecule has 7 heteroatoms. The highest BCUT2D eigenvalue weighted by molar-refractivity contribution is 7.18. The topological polar surface area (TPSA) is 79.4 Å². The van der Waals surface area contributed by atoms with Gasteiger partial charge in [0.15, 0.2) is 0 Å². The van der Waals surface area contributed by atoms with Crippen LogP contribution in [0.4, 0.5) is 5.69 Å². The number of aromatic nitrogens is 1. The van der Waals surface area contributed by atoms with Crippen molar-refractivity contribution in [2.45, 2.75) is 32.6 Å². The van der Waals surface area contributed by atoms with Crippen molar-refractivity contribution in [2.75, 3.05) is 11.9 Å². The minimum Gasteiger partial charge on any atom is -0.324 e. The van der Waals surface area contributed by atoms with E-state index in [1.165, 1.54) is 0 Å². The van der Waals surface area contributed by atoms with Gasteiger partial charge in [-0.2, -0.15) is 0 Å². The molecule has 0 unspecified atom stereocenters. The third-order valence-electron chi connectivity index (χ3n) is 5.01. The first-order chi connectivity index (χ1) is 12.0. The molecule has 4 rings (SSSR count). The third-order valence-corrected chi connectivity index (χ3v) is 5.95. The maximum atomic E-state index is 12.4. The number of imide groups is 1. The van der Waals surface area contributed by atoms with E-state index < -0.39 is 0 Å². The number of nitrogens with zero attached hydrogens (tertiary/aromatic N) is 2. The molecule has 1 aliphatic heterocycles. The molecule has 1 aliphatic carbocycles. The monoisotopic (exact) mass is 357 g/mol. The smallest absolute Gasteiger partial charge is 0.244 e. The average molecular weight is 357 g/mol. The summed E-state index contributed by atoms with van der Waals surface area (Å²) in [4.78, 5) is 42.7. The second kappa shape index (κ2) is 6.22. The SMILES string of the molecule is Cc1nc2ccc(NC(=O)CN3C(=O)[C@@H]4CCCC[C@H]4C3=O)cc2s1. The predicted octanol–water partition coefficient (Wildman–Crippen LogP) is 2.72. The lowest BCUT2D eigenvalue weighted by Gasteiger charge is -2.19. The molecule has 1 aromatic carbocycles. The Morgan fingerprint density at radius 3 is 2.60 bits per heavy atom. The molecule has 1 N–H and O–H groups in total. The fourth-order valence-corrected chi connectivity index (χ4v) is 4.71. The highest BCUT2D eigenvalue weighted by Gasteiger charge is 2.48. The second-order valence-corrected chi connectivity index (χ2v) is 7.96. The zero-order valence-corrected chi connectivity index (χ0v) is 14.8. The van der Waals surface area contributed by atoms with Crippen molar-refractivity contribution < 1.29 is 14.4 Å². The van der Waals surface area contributed by atoms with Crippen molar-refractivity contribution in [1.29, 1.82) is 0 Å². The van der Waals surface area contributed by atoms with Crippen molar-refractivity contribution in [3.63, 3.8) is 0 Å². The number of benzene rings is 1. The summed E-state index contributed by atoms with van der Waals surface area (Å²) in [6, 6.07) is 5.51. The fraction of sp³-hybridized carbons (Fsp3) is 0.444. The van der Waals surface area contributed by atoms with Gasteiger partial charge in [-0.05, 0) is 38.0 Å². The number of amides is 3. The molecule has 1 saturated heterocycles. The number of fused-ring (bicyclic) bond motifs is 2. The summed E-state index contributed by atoms with van der Waals surface area (Å²) in [5.41, 5.74) is 1.55. The Morgan fingerprint density at radius 1 is 1.24 bits per heavy atom. The van der Waals surface area contributed by atoms with Crippen molar-refractivity contribution in [2.24, 2.45) is 11.8 Å². The number of nitrogens with one attached hydrogen (secondary N) is 1. The zero-order valence-electron chi connectivity index (χ0n) is 13.9. The fourth-order valence-electron chi connectivity index (χ4n) is 3.85. The van der Waals surface area contributed by atoms with Crippen molar-refractivity contribution in [3.8, 4) is 0 Å². The van der Waals surface area contributed by atoms with Crippen LogP contribution in [0.25, 0.3) is 10.2 Å². The highest BCUT2D eigenvalue weighted by Crippen LogP contribution is 2.37. The quantitative estimate of drug-likeness (QED) is 0.857. The first kappa shape index (κ1) is 16.2. The van der Waals surface area contributed by atoms with Crippen molar-refractivity contribution in [1.82, 2.24) is 9.88 Å². The second-order valence-electron chi connectivity index (χ2n) is 6.72. The summed E-state index contributed by atoms with van der Waals surface area (Å²) in [5.74, 6) is -1.14. The predicted molar refractivity (Wildman–Crippen MR) is 95.2 cm³/mol. The Bertz CT molecular complexity index is 852. The Hall–Kier alpha value is -2.28. The van der Waals surface area contributed by atoms with E-state index in [1.54, 1.807) is 17.4 Å². The average Bonchev–Trinajstić information content (AvgIpc) is 3.07. The number of carbonyl (C=O) groups is 3. The van der Waals surface area contributed by atoms with Gasteiger partial charge in [0.05, 0.1) is 27.1 Å². The molecule has 2 atom stereocenters. The molecule has 130 valence electrons. The summed E-state index contributed by atoms with van der Waals surface area (Å²) in [6.45, 7) is 1.73. The van der Waals surface area contributed by atoms with E-state index in [-0.39, 0.29) is 36.1 Å². The molecule has 2 aliphatic rings. The molecule has 1 saturated carbocycles. The molecule has 2 aromatic rings. The summed E-state index contributed by atoms with van der Waals surface area (Å²) < 4.78 is 0.995. The van der Waals surface area contributed by atoms with Crippen LogP contribution in [0.5, 0.6) is 0 Å². The van der Waals surface area contributed by atoms with Crippen LogP contribution in [-0.4, -0.2) is 34.2 Å². The van der Waals surface area contributed by atoms with E-state index >= 15 is 0 Å². The van der Waals surface area contributed by atoms with Crippen LogP contribution in [-0.2, 0) is 14.4 Å². The number of anilines is 1. The van der Waals surface area contributed by atoms with Gasteiger partial charge in [0.1, 0.15) is 6.54 Å². The molecule has 2 heterocycles. The lowest BCUT2D eigenvalue weighted by atomic mass is 9.81. The maximum absolute atomic E-state index is 12.4. The Labute approximate surface area is 149 Å². The van der Waals surface area contributed by atoms with E-state index in [0.29, 0.717) is 5.69 Å². The van der Waals surface area contributed by atoms with E-state index in [9.17, 15) is 14.4 Å². The molecule has 6 nitrogen and oxygen atoms in total. The van der Waals surface area contributed by atoms with E-state index in [0.717, 1.165) is 45.8 Å². The first-order valence-electron chi connectivity index (χ1n) is 8.55. The van der Waals surface area contributed by atoms with Crippen LogP contribution in [0.15, 0.2) is 18.2 Å². The number of hydrogen-bond acceptors (Lipinski definition) is 5. The van der Waals surface area contributed by atoms with Gasteiger partial charge in [0, 0.05) is 5.69 Å². The molecule has 1 aromatic heterocycles. The first-order valence-corrected chi connectivity index (χ1v) is 9.37. The molecule has 3 amide bonds. The van der Waals surface area contributed by atoms with Crippen LogP contribution < -0.4 is 5.32 Å². The molecular weight excluding hydrogens is 338 g/mol. The number of hydrogen-bond donors (Lipinski definition) is 1. The number of rotatable bonds is 3. The Balaban J connectivity index is 1.46. The van der Waals surface area contributed by atoms with Gasteiger partial charge in [-0.15, -0.1) is 11.3 Å². The number of aryl methyl sites for hydroxylation is 1. The molecule has 2 fully saturated rings. The zero-order chi connectivity index (χ0) is 17.6. The minimum absolute atomic E-state index is 0.182.